The van der Waals surface area contributed by atoms with Crippen LogP contribution in [0.4, 0.5) is 0 Å². The van der Waals surface area contributed by atoms with Crippen LogP contribution in [0.5, 0.6) is 0 Å². The first kappa shape index (κ1) is 98.0. The smallest absolute Gasteiger partial charge is 0.291 e. The standard InChI is InChI=1S/HNO3.4H3N.H2O/c2-1(3)4;;;;;/h(H,2,3,4);4*1H3;1H2. The Kier molecular flexibility index (Phi) is 686. The lowest BCUT2D eigenvalue weighted by molar-refractivity contribution is -0.742. The molecular formula is H15N5O4. The SMILES string of the molecule is N.N.N.N.O.O=[N+]([O-])O. The van der Waals surface area contributed by atoms with E-state index in [9.17, 15) is 0 Å². The second-order valence-electron chi connectivity index (χ2n) is 0.238. The number of nitrogens with zero attached hydrogens (tertiary/aromatic N) is 1. The fraction of sp³-hybridized carbons (Fsp3) is 0. The molecule has 0 amide bonds. The van der Waals surface area contributed by atoms with Crippen LogP contribution >= 0.6 is 0 Å². The van der Waals surface area contributed by atoms with Crippen molar-refractivity contribution in [1.29, 1.82) is 0 Å². The van der Waals surface area contributed by atoms with Crippen molar-refractivity contribution in [3.8, 4) is 0 Å². The summed E-state index contributed by atoms with van der Waals surface area (Å²) in [5.41, 5.74) is 0. The molecule has 0 fully saturated rings. The molecule has 64 valence electrons. The molecule has 0 saturated carbocycles. The zero-order valence-electron chi connectivity index (χ0n) is 5.04. The first-order valence-corrected chi connectivity index (χ1v) is 0.565. The van der Waals surface area contributed by atoms with Crippen LogP contribution in [-0.4, -0.2) is 15.8 Å². The highest BCUT2D eigenvalue weighted by atomic mass is 16.9. The Balaban J connectivity index is -0.00000000450. The molecule has 0 unspecified atom stereocenters. The second-order valence-corrected chi connectivity index (χ2v) is 0.238. The van der Waals surface area contributed by atoms with Gasteiger partial charge < -0.3 is 35.3 Å². The van der Waals surface area contributed by atoms with Gasteiger partial charge in [-0.1, -0.05) is 0 Å². The van der Waals surface area contributed by atoms with Gasteiger partial charge in [0.2, 0.25) is 0 Å². The lowest BCUT2D eigenvalue weighted by Crippen LogP contribution is -1.81. The molecule has 0 aromatic rings. The summed E-state index contributed by atoms with van der Waals surface area (Å²) in [6.45, 7) is 0. The average molecular weight is 149 g/mol. The summed E-state index contributed by atoms with van der Waals surface area (Å²) in [6.07, 6.45) is 0. The topological polar surface area (TPSA) is 235 Å². The van der Waals surface area contributed by atoms with Gasteiger partial charge in [-0.05, 0) is 0 Å². The summed E-state index contributed by atoms with van der Waals surface area (Å²) in [5.74, 6) is 0. The molecule has 0 rings (SSSR count). The van der Waals surface area contributed by atoms with Gasteiger partial charge in [0.15, 0.2) is 0 Å². The van der Waals surface area contributed by atoms with Crippen molar-refractivity contribution in [3.05, 3.63) is 10.1 Å². The molecule has 0 atom stereocenters. The predicted octanol–water partition coefficient (Wildman–Crippen LogP) is -0.524. The van der Waals surface area contributed by atoms with Gasteiger partial charge in [0, 0.05) is 0 Å². The molecule has 0 aliphatic heterocycles. The summed E-state index contributed by atoms with van der Waals surface area (Å²) < 4.78 is 0. The van der Waals surface area contributed by atoms with Gasteiger partial charge in [-0.25, -0.2) is 0 Å². The highest BCUT2D eigenvalue weighted by Crippen LogP contribution is 1.38. The minimum Gasteiger partial charge on any atom is -0.412 e. The fourth-order valence-electron chi connectivity index (χ4n) is 0. The quantitative estimate of drug-likeness (QED) is 0.222. The summed E-state index contributed by atoms with van der Waals surface area (Å²) in [6, 6.07) is 0. The minimum atomic E-state index is -1.50. The van der Waals surface area contributed by atoms with Crippen LogP contribution in [0.15, 0.2) is 0 Å². The maximum absolute atomic E-state index is 8.36. The molecule has 15 N–H and O–H groups in total. The van der Waals surface area contributed by atoms with Gasteiger partial charge in [0.1, 0.15) is 0 Å². The van der Waals surface area contributed by atoms with E-state index in [1.54, 1.807) is 0 Å². The number of hydrogen-bond acceptors (Lipinski definition) is 6. The Morgan fingerprint density at radius 2 is 1.11 bits per heavy atom. The zero-order chi connectivity index (χ0) is 3.58. The minimum absolute atomic E-state index is 0. The Labute approximate surface area is 51.8 Å². The van der Waals surface area contributed by atoms with E-state index in [0.717, 1.165) is 0 Å². The van der Waals surface area contributed by atoms with Gasteiger partial charge in [-0.3, -0.25) is 0 Å². The van der Waals surface area contributed by atoms with E-state index < -0.39 is 5.09 Å². The summed E-state index contributed by atoms with van der Waals surface area (Å²) >= 11 is 0. The Hall–Kier alpha value is -1.00. The normalized spacial score (nSPS) is 2.67. The van der Waals surface area contributed by atoms with E-state index in [1.807, 2.05) is 0 Å². The van der Waals surface area contributed by atoms with Crippen LogP contribution in [-0.2, 0) is 0 Å². The molecule has 0 bridgehead atoms. The second kappa shape index (κ2) is 63.0. The van der Waals surface area contributed by atoms with Crippen molar-refractivity contribution in [2.45, 2.75) is 0 Å². The van der Waals surface area contributed by atoms with Crippen molar-refractivity contribution in [1.82, 2.24) is 24.6 Å². The lowest BCUT2D eigenvalue weighted by atomic mass is 13.1. The van der Waals surface area contributed by atoms with E-state index in [0.29, 0.717) is 0 Å². The predicted molar refractivity (Wildman–Crippen MR) is 32.5 cm³/mol. The van der Waals surface area contributed by atoms with Crippen molar-refractivity contribution in [2.75, 3.05) is 0 Å². The Morgan fingerprint density at radius 1 is 1.11 bits per heavy atom. The first-order chi connectivity index (χ1) is 1.73. The van der Waals surface area contributed by atoms with E-state index in [4.69, 9.17) is 15.3 Å². The van der Waals surface area contributed by atoms with Crippen LogP contribution in [0, 0.1) is 10.1 Å². The maximum atomic E-state index is 8.36. The van der Waals surface area contributed by atoms with E-state index in [2.05, 4.69) is 0 Å². The van der Waals surface area contributed by atoms with Gasteiger partial charge in [0.05, 0.1) is 0 Å². The molecule has 0 aromatic heterocycles. The molecule has 9 heavy (non-hydrogen) atoms. The van der Waals surface area contributed by atoms with Crippen LogP contribution in [0.2, 0.25) is 0 Å². The van der Waals surface area contributed by atoms with Crippen molar-refractivity contribution in [2.24, 2.45) is 0 Å². The van der Waals surface area contributed by atoms with E-state index in [-0.39, 0.29) is 30.1 Å². The first-order valence-electron chi connectivity index (χ1n) is 0.565. The molecule has 0 aliphatic carbocycles. The monoisotopic (exact) mass is 149 g/mol. The zero-order valence-corrected chi connectivity index (χ0v) is 5.04. The average Bonchev–Trinajstić information content (AvgIpc) is 0.811. The van der Waals surface area contributed by atoms with Crippen LogP contribution in [0.1, 0.15) is 0 Å². The van der Waals surface area contributed by atoms with Crippen molar-refractivity contribution in [3.63, 3.8) is 0 Å². The van der Waals surface area contributed by atoms with Gasteiger partial charge in [-0.2, -0.15) is 0 Å². The van der Waals surface area contributed by atoms with Gasteiger partial charge >= 0.3 is 0 Å². The summed E-state index contributed by atoms with van der Waals surface area (Å²) in [4.78, 5) is 8.36. The Bertz CT molecular complexity index is 31.9. The molecule has 9 heteroatoms. The van der Waals surface area contributed by atoms with Crippen molar-refractivity contribution >= 4 is 0 Å². The highest BCUT2D eigenvalue weighted by molar-refractivity contribution is 3.83. The summed E-state index contributed by atoms with van der Waals surface area (Å²) in [5, 5.41) is 13.6. The van der Waals surface area contributed by atoms with E-state index in [1.165, 1.54) is 0 Å². The molecule has 0 spiro atoms. The number of hydrogen-bond donors (Lipinski definition) is 5. The van der Waals surface area contributed by atoms with Gasteiger partial charge in [-0.15, -0.1) is 10.1 Å². The largest absolute Gasteiger partial charge is 0.412 e. The fourth-order valence-corrected chi connectivity index (χ4v) is 0. The third-order valence-electron chi connectivity index (χ3n) is 0. The molecule has 9 nitrogen and oxygen atoms in total. The summed E-state index contributed by atoms with van der Waals surface area (Å²) in [7, 11) is 0. The third kappa shape index (κ3) is 175. The Morgan fingerprint density at radius 3 is 1.11 bits per heavy atom. The number of rotatable bonds is 0. The maximum Gasteiger partial charge on any atom is 0.291 e. The van der Waals surface area contributed by atoms with E-state index >= 15 is 0 Å². The molecule has 0 radical (unpaired) electrons. The van der Waals surface area contributed by atoms with Gasteiger partial charge in [0.25, 0.3) is 5.09 Å². The molecule has 0 aliphatic rings. The molecule has 0 heterocycles. The van der Waals surface area contributed by atoms with Crippen LogP contribution < -0.4 is 24.6 Å². The lowest BCUT2D eigenvalue weighted by Gasteiger charge is -1.56. The highest BCUT2D eigenvalue weighted by Gasteiger charge is 1.65. The van der Waals surface area contributed by atoms with Crippen LogP contribution in [0.3, 0.4) is 0 Å². The third-order valence-corrected chi connectivity index (χ3v) is 0. The molecule has 0 aromatic carbocycles. The molecule has 0 saturated heterocycles. The molecular weight excluding hydrogens is 134 g/mol. The van der Waals surface area contributed by atoms with Crippen molar-refractivity contribution < 1.29 is 15.8 Å². The van der Waals surface area contributed by atoms with Crippen LogP contribution in [0.25, 0.3) is 0 Å².